The minimum absolute atomic E-state index is 0. The first-order valence-corrected chi connectivity index (χ1v) is 7.78. The number of hydrogen-bond donors (Lipinski definition) is 1. The molecule has 1 aromatic rings. The van der Waals surface area contributed by atoms with Crippen LogP contribution in [-0.2, 0) is 6.18 Å². The first-order valence-electron chi connectivity index (χ1n) is 7.78. The van der Waals surface area contributed by atoms with Gasteiger partial charge in [0, 0.05) is 37.8 Å². The van der Waals surface area contributed by atoms with Gasteiger partial charge in [0.2, 0.25) is 0 Å². The number of alkyl halides is 3. The molecule has 1 aliphatic carbocycles. The fourth-order valence-electron chi connectivity index (χ4n) is 3.41. The van der Waals surface area contributed by atoms with Crippen LogP contribution in [0.3, 0.4) is 0 Å². The summed E-state index contributed by atoms with van der Waals surface area (Å²) >= 11 is 0. The molecule has 2 aliphatic rings. The molecule has 3 rings (SSSR count). The van der Waals surface area contributed by atoms with Gasteiger partial charge in [-0.05, 0) is 37.0 Å². The van der Waals surface area contributed by atoms with E-state index in [0.717, 1.165) is 63.6 Å². The smallest absolute Gasteiger partial charge is 0.314 e. The second kappa shape index (κ2) is 7.36. The zero-order valence-corrected chi connectivity index (χ0v) is 13.5. The van der Waals surface area contributed by atoms with Crippen LogP contribution in [0.4, 0.5) is 17.6 Å². The van der Waals surface area contributed by atoms with Gasteiger partial charge in [-0.3, -0.25) is 4.90 Å². The minimum Gasteiger partial charge on any atom is -0.314 e. The van der Waals surface area contributed by atoms with E-state index in [2.05, 4.69) is 10.2 Å². The molecule has 1 saturated carbocycles. The van der Waals surface area contributed by atoms with E-state index in [1.165, 1.54) is 0 Å². The quantitative estimate of drug-likeness (QED) is 0.827. The molecule has 1 heterocycles. The summed E-state index contributed by atoms with van der Waals surface area (Å²) in [5.74, 6) is -0.264. The third-order valence-electron chi connectivity index (χ3n) is 4.78. The average Bonchev–Trinajstić information content (AvgIpc) is 2.43. The van der Waals surface area contributed by atoms with E-state index < -0.39 is 17.6 Å². The van der Waals surface area contributed by atoms with Crippen molar-refractivity contribution in [2.24, 2.45) is 5.92 Å². The number of hydrogen-bond acceptors (Lipinski definition) is 2. The van der Waals surface area contributed by atoms with Gasteiger partial charge in [-0.25, -0.2) is 4.39 Å². The Morgan fingerprint density at radius 3 is 2.30 bits per heavy atom. The molecule has 1 saturated heterocycles. The SMILES string of the molecule is Cl.Fc1ccc(C(F)(F)F)cc1[C@@H](C1CCC1)N1CCNCC1. The van der Waals surface area contributed by atoms with Gasteiger partial charge in [-0.2, -0.15) is 13.2 Å². The van der Waals surface area contributed by atoms with Crippen molar-refractivity contribution < 1.29 is 17.6 Å². The number of nitrogens with zero attached hydrogens (tertiary/aromatic N) is 1. The molecule has 2 nitrogen and oxygen atoms in total. The predicted molar refractivity (Wildman–Crippen MR) is 83.2 cm³/mol. The topological polar surface area (TPSA) is 15.3 Å². The Morgan fingerprint density at radius 1 is 1.13 bits per heavy atom. The molecule has 0 bridgehead atoms. The Morgan fingerprint density at radius 2 is 1.78 bits per heavy atom. The predicted octanol–water partition coefficient (Wildman–Crippen LogP) is 4.01. The highest BCUT2D eigenvalue weighted by molar-refractivity contribution is 5.85. The number of benzene rings is 1. The zero-order chi connectivity index (χ0) is 15.7. The number of piperazine rings is 1. The molecular formula is C16H21ClF4N2. The largest absolute Gasteiger partial charge is 0.416 e. The number of halogens is 5. The summed E-state index contributed by atoms with van der Waals surface area (Å²) in [7, 11) is 0. The van der Waals surface area contributed by atoms with Crippen LogP contribution >= 0.6 is 12.4 Å². The van der Waals surface area contributed by atoms with Crippen molar-refractivity contribution in [1.82, 2.24) is 10.2 Å². The van der Waals surface area contributed by atoms with Crippen LogP contribution in [-0.4, -0.2) is 31.1 Å². The lowest BCUT2D eigenvalue weighted by atomic mass is 9.76. The maximum atomic E-state index is 14.3. The van der Waals surface area contributed by atoms with Crippen LogP contribution in [0, 0.1) is 11.7 Å². The minimum atomic E-state index is -4.43. The van der Waals surface area contributed by atoms with Gasteiger partial charge in [0.05, 0.1) is 5.56 Å². The summed E-state index contributed by atoms with van der Waals surface area (Å²) in [5, 5.41) is 3.23. The van der Waals surface area contributed by atoms with Crippen molar-refractivity contribution in [1.29, 1.82) is 0 Å². The van der Waals surface area contributed by atoms with Gasteiger partial charge in [0.1, 0.15) is 5.82 Å². The Kier molecular flexibility index (Phi) is 5.92. The van der Waals surface area contributed by atoms with Crippen LogP contribution in [0.15, 0.2) is 18.2 Å². The standard InChI is InChI=1S/C16H20F4N2.ClH/c17-14-5-4-12(16(18,19)20)10-13(14)15(11-2-1-3-11)22-8-6-21-7-9-22;/h4-5,10-11,15,21H,1-3,6-9H2;1H/t15-;/m1./s1. The first-order chi connectivity index (χ1) is 10.5. The lowest BCUT2D eigenvalue weighted by molar-refractivity contribution is -0.137. The second-order valence-corrected chi connectivity index (χ2v) is 6.16. The van der Waals surface area contributed by atoms with Crippen molar-refractivity contribution in [2.75, 3.05) is 26.2 Å². The van der Waals surface area contributed by atoms with Crippen LogP contribution in [0.25, 0.3) is 0 Å². The van der Waals surface area contributed by atoms with Gasteiger partial charge in [-0.15, -0.1) is 12.4 Å². The molecular weight excluding hydrogens is 332 g/mol. The van der Waals surface area contributed by atoms with Crippen molar-refractivity contribution in [3.63, 3.8) is 0 Å². The third kappa shape index (κ3) is 3.98. The first kappa shape index (κ1) is 18.5. The number of nitrogens with one attached hydrogen (secondary N) is 1. The van der Waals surface area contributed by atoms with E-state index in [1.807, 2.05) is 0 Å². The molecule has 1 N–H and O–H groups in total. The lowest BCUT2D eigenvalue weighted by Gasteiger charge is -2.43. The molecule has 1 aromatic carbocycles. The van der Waals surface area contributed by atoms with Crippen LogP contribution in [0.5, 0.6) is 0 Å². The van der Waals surface area contributed by atoms with Crippen LogP contribution < -0.4 is 5.32 Å². The van der Waals surface area contributed by atoms with Gasteiger partial charge in [-0.1, -0.05) is 6.42 Å². The summed E-state index contributed by atoms with van der Waals surface area (Å²) in [5.41, 5.74) is -0.551. The molecule has 0 amide bonds. The Labute approximate surface area is 139 Å². The van der Waals surface area contributed by atoms with Crippen molar-refractivity contribution >= 4 is 12.4 Å². The van der Waals surface area contributed by atoms with E-state index in [0.29, 0.717) is 0 Å². The molecule has 2 fully saturated rings. The Hall–Kier alpha value is -0.850. The fraction of sp³-hybridized carbons (Fsp3) is 0.625. The molecule has 0 unspecified atom stereocenters. The van der Waals surface area contributed by atoms with Crippen molar-refractivity contribution in [2.45, 2.75) is 31.5 Å². The molecule has 130 valence electrons. The molecule has 23 heavy (non-hydrogen) atoms. The van der Waals surface area contributed by atoms with E-state index >= 15 is 0 Å². The number of rotatable bonds is 3. The highest BCUT2D eigenvalue weighted by atomic mass is 35.5. The molecule has 7 heteroatoms. The molecule has 0 radical (unpaired) electrons. The Balaban J connectivity index is 0.00000192. The third-order valence-corrected chi connectivity index (χ3v) is 4.78. The molecule has 1 aliphatic heterocycles. The summed E-state index contributed by atoms with van der Waals surface area (Å²) in [6.07, 6.45) is -1.43. The van der Waals surface area contributed by atoms with Gasteiger partial charge in [0.15, 0.2) is 0 Å². The van der Waals surface area contributed by atoms with E-state index in [9.17, 15) is 17.6 Å². The van der Waals surface area contributed by atoms with Crippen molar-refractivity contribution in [3.8, 4) is 0 Å². The van der Waals surface area contributed by atoms with Crippen LogP contribution in [0.1, 0.15) is 36.4 Å². The Bertz CT molecular complexity index is 525. The fourth-order valence-corrected chi connectivity index (χ4v) is 3.41. The summed E-state index contributed by atoms with van der Waals surface area (Å²) in [6, 6.07) is 2.57. The zero-order valence-electron chi connectivity index (χ0n) is 12.7. The van der Waals surface area contributed by atoms with Gasteiger partial charge in [0.25, 0.3) is 0 Å². The van der Waals surface area contributed by atoms with Gasteiger partial charge >= 0.3 is 6.18 Å². The summed E-state index contributed by atoms with van der Waals surface area (Å²) in [6.45, 7) is 3.08. The maximum Gasteiger partial charge on any atom is 0.416 e. The van der Waals surface area contributed by atoms with Gasteiger partial charge < -0.3 is 5.32 Å². The highest BCUT2D eigenvalue weighted by Crippen LogP contribution is 2.43. The average molecular weight is 353 g/mol. The monoisotopic (exact) mass is 352 g/mol. The molecule has 1 atom stereocenters. The molecule has 0 aromatic heterocycles. The lowest BCUT2D eigenvalue weighted by Crippen LogP contribution is -2.48. The van der Waals surface area contributed by atoms with Crippen molar-refractivity contribution in [3.05, 3.63) is 35.1 Å². The van der Waals surface area contributed by atoms with E-state index in [1.54, 1.807) is 0 Å². The van der Waals surface area contributed by atoms with E-state index in [-0.39, 0.29) is 29.9 Å². The highest BCUT2D eigenvalue weighted by Gasteiger charge is 2.37. The second-order valence-electron chi connectivity index (χ2n) is 6.16. The summed E-state index contributed by atoms with van der Waals surface area (Å²) in [4.78, 5) is 2.14. The normalized spacial score (nSPS) is 21.4. The molecule has 0 spiro atoms. The maximum absolute atomic E-state index is 14.3. The van der Waals surface area contributed by atoms with Crippen LogP contribution in [0.2, 0.25) is 0 Å². The van der Waals surface area contributed by atoms with E-state index in [4.69, 9.17) is 0 Å². The summed E-state index contributed by atoms with van der Waals surface area (Å²) < 4.78 is 53.1.